The first-order valence-electron chi connectivity index (χ1n) is 10.1. The number of terminal acetylenes is 1. The van der Waals surface area contributed by atoms with Crippen LogP contribution in [-0.4, -0.2) is 54.4 Å². The molecule has 0 saturated carbocycles. The summed E-state index contributed by atoms with van der Waals surface area (Å²) in [7, 11) is 1.53. The first-order chi connectivity index (χ1) is 15.3. The summed E-state index contributed by atoms with van der Waals surface area (Å²) >= 11 is 0. The number of ether oxygens (including phenoxy) is 1. The van der Waals surface area contributed by atoms with Crippen LogP contribution in [0.1, 0.15) is 29.8 Å². The smallest absolute Gasteiger partial charge is 0.268 e. The molecule has 0 spiro atoms. The number of aromatic amines is 1. The average Bonchev–Trinajstić information content (AvgIpc) is 3.38. The Bertz CT molecular complexity index is 1090. The lowest BCUT2D eigenvalue weighted by Crippen LogP contribution is -2.53. The fourth-order valence-electron chi connectivity index (χ4n) is 3.66. The Kier molecular flexibility index (Phi) is 7.00. The third-order valence-electron chi connectivity index (χ3n) is 5.38. The zero-order valence-electron chi connectivity index (χ0n) is 17.6. The summed E-state index contributed by atoms with van der Waals surface area (Å²) in [6, 6.07) is 4.78. The maximum atomic E-state index is 12.8. The fraction of sp³-hybridized carbons (Fsp3) is 0.364. The lowest BCUT2D eigenvalue weighted by molar-refractivity contribution is -0.129. The van der Waals surface area contributed by atoms with Gasteiger partial charge in [0.25, 0.3) is 5.91 Å². The highest BCUT2D eigenvalue weighted by Crippen LogP contribution is 2.26. The molecule has 168 valence electrons. The monoisotopic (exact) mass is 439 g/mol. The SMILES string of the molecule is C#CC[C@H](NC(=O)c1cc2c(OC)cccc2[nH]1)C(=O)N[C@@H](C[C@@H]1CCNC1=O)C(N)=O. The van der Waals surface area contributed by atoms with Crippen molar-refractivity contribution in [2.24, 2.45) is 11.7 Å². The van der Waals surface area contributed by atoms with E-state index in [1.165, 1.54) is 7.11 Å². The van der Waals surface area contributed by atoms with Crippen LogP contribution in [0.15, 0.2) is 24.3 Å². The molecule has 0 unspecified atom stereocenters. The molecule has 0 bridgehead atoms. The van der Waals surface area contributed by atoms with Crippen LogP contribution in [0.3, 0.4) is 0 Å². The van der Waals surface area contributed by atoms with Gasteiger partial charge in [0.1, 0.15) is 23.5 Å². The molecule has 32 heavy (non-hydrogen) atoms. The van der Waals surface area contributed by atoms with Gasteiger partial charge in [0.2, 0.25) is 17.7 Å². The van der Waals surface area contributed by atoms with Crippen molar-refractivity contribution in [2.75, 3.05) is 13.7 Å². The molecular formula is C22H25N5O5. The molecule has 3 atom stereocenters. The van der Waals surface area contributed by atoms with Crippen LogP contribution in [0, 0.1) is 18.3 Å². The molecule has 1 fully saturated rings. The number of hydrogen-bond acceptors (Lipinski definition) is 5. The number of hydrogen-bond donors (Lipinski definition) is 5. The number of rotatable bonds is 9. The van der Waals surface area contributed by atoms with Crippen LogP contribution in [0.4, 0.5) is 0 Å². The number of methoxy groups -OCH3 is 1. The zero-order chi connectivity index (χ0) is 23.3. The van der Waals surface area contributed by atoms with Gasteiger partial charge >= 0.3 is 0 Å². The quantitative estimate of drug-likeness (QED) is 0.342. The van der Waals surface area contributed by atoms with Crippen molar-refractivity contribution < 1.29 is 23.9 Å². The summed E-state index contributed by atoms with van der Waals surface area (Å²) in [5, 5.41) is 8.48. The minimum absolute atomic E-state index is 0.0748. The molecule has 10 heteroatoms. The van der Waals surface area contributed by atoms with Gasteiger partial charge in [0, 0.05) is 29.8 Å². The maximum Gasteiger partial charge on any atom is 0.268 e. The number of nitrogens with two attached hydrogens (primary N) is 1. The van der Waals surface area contributed by atoms with Gasteiger partial charge in [-0.15, -0.1) is 12.3 Å². The summed E-state index contributed by atoms with van der Waals surface area (Å²) in [6.45, 7) is 0.508. The third kappa shape index (κ3) is 5.00. The number of nitrogens with one attached hydrogen (secondary N) is 4. The summed E-state index contributed by atoms with van der Waals surface area (Å²) < 4.78 is 5.29. The second-order valence-electron chi connectivity index (χ2n) is 7.51. The van der Waals surface area contributed by atoms with E-state index in [1.807, 2.05) is 0 Å². The standard InChI is InChI=1S/C22H25N5O5/c1-3-5-15(21(30)27-16(19(23)28)10-12-8-9-24-20(12)29)26-22(31)17-11-13-14(25-17)6-4-7-18(13)32-2/h1,4,6-7,11-12,15-16,25H,5,8-10H2,2H3,(H2,23,28)(H,24,29)(H,26,31)(H,27,30)/t12-,15-,16-/m0/s1. The normalized spacial score (nSPS) is 17.1. The number of amides is 4. The van der Waals surface area contributed by atoms with E-state index in [0.29, 0.717) is 29.6 Å². The molecule has 2 aromatic rings. The predicted molar refractivity (Wildman–Crippen MR) is 116 cm³/mol. The number of carbonyl (C=O) groups is 4. The topological polar surface area (TPSA) is 155 Å². The van der Waals surface area contributed by atoms with Gasteiger partial charge in [0.15, 0.2) is 0 Å². The van der Waals surface area contributed by atoms with Gasteiger partial charge in [-0.25, -0.2) is 0 Å². The first kappa shape index (κ1) is 22.7. The zero-order valence-corrected chi connectivity index (χ0v) is 17.6. The van der Waals surface area contributed by atoms with Gasteiger partial charge < -0.3 is 31.4 Å². The summed E-state index contributed by atoms with van der Waals surface area (Å²) in [5.74, 6) is 0.349. The molecule has 1 saturated heterocycles. The molecule has 4 amide bonds. The van der Waals surface area contributed by atoms with Gasteiger partial charge in [-0.3, -0.25) is 19.2 Å². The number of carbonyl (C=O) groups excluding carboxylic acids is 4. The Labute approximate surface area is 184 Å². The molecule has 6 N–H and O–H groups in total. The van der Waals surface area contributed by atoms with Crippen molar-refractivity contribution in [3.63, 3.8) is 0 Å². The fourth-order valence-corrected chi connectivity index (χ4v) is 3.66. The molecule has 1 aromatic carbocycles. The Morgan fingerprint density at radius 3 is 2.72 bits per heavy atom. The molecule has 10 nitrogen and oxygen atoms in total. The molecular weight excluding hydrogens is 414 g/mol. The number of H-pyrrole nitrogens is 1. The number of primary amides is 1. The lowest BCUT2D eigenvalue weighted by Gasteiger charge is -2.22. The van der Waals surface area contributed by atoms with E-state index in [1.54, 1.807) is 24.3 Å². The summed E-state index contributed by atoms with van der Waals surface area (Å²) in [5.41, 5.74) is 6.32. The summed E-state index contributed by atoms with van der Waals surface area (Å²) in [6.07, 6.45) is 5.89. The van der Waals surface area contributed by atoms with Crippen molar-refractivity contribution in [1.82, 2.24) is 20.9 Å². The minimum Gasteiger partial charge on any atom is -0.496 e. The molecule has 2 heterocycles. The number of fused-ring (bicyclic) bond motifs is 1. The number of benzene rings is 1. The van der Waals surface area contributed by atoms with Crippen LogP contribution >= 0.6 is 0 Å². The largest absolute Gasteiger partial charge is 0.496 e. The van der Waals surface area contributed by atoms with E-state index in [4.69, 9.17) is 16.9 Å². The number of aromatic nitrogens is 1. The highest BCUT2D eigenvalue weighted by Gasteiger charge is 2.32. The molecule has 0 aliphatic carbocycles. The van der Waals surface area contributed by atoms with Crippen molar-refractivity contribution in [3.05, 3.63) is 30.0 Å². The van der Waals surface area contributed by atoms with Crippen molar-refractivity contribution >= 4 is 34.5 Å². The van der Waals surface area contributed by atoms with E-state index in [0.717, 1.165) is 0 Å². The van der Waals surface area contributed by atoms with Crippen molar-refractivity contribution in [3.8, 4) is 18.1 Å². The van der Waals surface area contributed by atoms with Crippen LogP contribution in [0.5, 0.6) is 5.75 Å². The van der Waals surface area contributed by atoms with Crippen LogP contribution < -0.4 is 26.4 Å². The minimum atomic E-state index is -1.10. The highest BCUT2D eigenvalue weighted by molar-refractivity contribution is 6.02. The second-order valence-corrected chi connectivity index (χ2v) is 7.51. The average molecular weight is 439 g/mol. The highest BCUT2D eigenvalue weighted by atomic mass is 16.5. The molecule has 1 aromatic heterocycles. The van der Waals surface area contributed by atoms with Crippen molar-refractivity contribution in [2.45, 2.75) is 31.3 Å². The maximum absolute atomic E-state index is 12.8. The van der Waals surface area contributed by atoms with Crippen molar-refractivity contribution in [1.29, 1.82) is 0 Å². The first-order valence-corrected chi connectivity index (χ1v) is 10.1. The van der Waals surface area contributed by atoms with Gasteiger partial charge in [-0.2, -0.15) is 0 Å². The molecule has 1 aliphatic rings. The lowest BCUT2D eigenvalue weighted by atomic mass is 9.97. The van der Waals surface area contributed by atoms with E-state index in [2.05, 4.69) is 26.9 Å². The van der Waals surface area contributed by atoms with E-state index >= 15 is 0 Å². The Hall–Kier alpha value is -4.00. The Morgan fingerprint density at radius 1 is 1.31 bits per heavy atom. The van der Waals surface area contributed by atoms with E-state index < -0.39 is 35.7 Å². The van der Waals surface area contributed by atoms with Gasteiger partial charge in [-0.05, 0) is 31.0 Å². The predicted octanol–water partition coefficient (Wildman–Crippen LogP) is -0.205. The molecule has 3 rings (SSSR count). The second kappa shape index (κ2) is 9.87. The van der Waals surface area contributed by atoms with Crippen LogP contribution in [-0.2, 0) is 14.4 Å². The molecule has 0 radical (unpaired) electrons. The van der Waals surface area contributed by atoms with Gasteiger partial charge in [-0.1, -0.05) is 6.07 Å². The third-order valence-corrected chi connectivity index (χ3v) is 5.38. The summed E-state index contributed by atoms with van der Waals surface area (Å²) in [4.78, 5) is 52.2. The van der Waals surface area contributed by atoms with Crippen LogP contribution in [0.25, 0.3) is 10.9 Å². The molecule has 1 aliphatic heterocycles. The van der Waals surface area contributed by atoms with E-state index in [9.17, 15) is 19.2 Å². The van der Waals surface area contributed by atoms with Gasteiger partial charge in [0.05, 0.1) is 7.11 Å². The van der Waals surface area contributed by atoms with E-state index in [-0.39, 0.29) is 24.4 Å². The Morgan fingerprint density at radius 2 is 2.09 bits per heavy atom. The van der Waals surface area contributed by atoms with Crippen LogP contribution in [0.2, 0.25) is 0 Å². The Balaban J connectivity index is 1.71.